The van der Waals surface area contributed by atoms with Gasteiger partial charge in [0.05, 0.1) is 16.8 Å². The number of alkyl halides is 3. The number of ether oxygens (including phenoxy) is 1. The van der Waals surface area contributed by atoms with Crippen LogP contribution < -0.4 is 20.3 Å². The first-order chi connectivity index (χ1) is 15.3. The van der Waals surface area contributed by atoms with Crippen molar-refractivity contribution in [3.63, 3.8) is 0 Å². The van der Waals surface area contributed by atoms with Crippen molar-refractivity contribution in [3.05, 3.63) is 77.9 Å². The molecular formula is C23H18F3N3O3. The van der Waals surface area contributed by atoms with E-state index in [2.05, 4.69) is 10.6 Å². The number of nitrogens with one attached hydrogen (secondary N) is 2. The van der Waals surface area contributed by atoms with E-state index in [1.54, 1.807) is 29.2 Å². The van der Waals surface area contributed by atoms with Crippen LogP contribution in [-0.2, 0) is 6.18 Å². The second-order valence-electron chi connectivity index (χ2n) is 6.98. The van der Waals surface area contributed by atoms with Crippen LogP contribution in [0.25, 0.3) is 0 Å². The van der Waals surface area contributed by atoms with Crippen LogP contribution in [-0.4, -0.2) is 18.5 Å². The van der Waals surface area contributed by atoms with Crippen molar-refractivity contribution in [2.24, 2.45) is 0 Å². The average Bonchev–Trinajstić information content (AvgIpc) is 2.87. The molecule has 1 aliphatic rings. The van der Waals surface area contributed by atoms with Crippen molar-refractivity contribution in [2.75, 3.05) is 22.1 Å². The van der Waals surface area contributed by atoms with E-state index in [9.17, 15) is 22.8 Å². The lowest BCUT2D eigenvalue weighted by molar-refractivity contribution is -0.137. The number of para-hydroxylation sites is 2. The molecule has 9 heteroatoms. The molecule has 0 saturated heterocycles. The smallest absolute Gasteiger partial charge is 0.416 e. The zero-order valence-corrected chi connectivity index (χ0v) is 16.9. The number of rotatable bonds is 3. The molecule has 0 atom stereocenters. The number of nitrogens with zero attached hydrogens (tertiary/aromatic N) is 1. The fraction of sp³-hybridized carbons (Fsp3) is 0.130. The van der Waals surface area contributed by atoms with Crippen LogP contribution >= 0.6 is 0 Å². The molecule has 0 aromatic heterocycles. The Morgan fingerprint density at radius 1 is 0.938 bits per heavy atom. The summed E-state index contributed by atoms with van der Waals surface area (Å²) in [4.78, 5) is 27.0. The number of hydrogen-bond acceptors (Lipinski definition) is 3. The number of amides is 3. The Kier molecular flexibility index (Phi) is 5.48. The third-order valence-corrected chi connectivity index (χ3v) is 4.88. The molecule has 6 nitrogen and oxygen atoms in total. The number of anilines is 3. The van der Waals surface area contributed by atoms with Crippen LogP contribution in [0.4, 0.5) is 35.0 Å². The third-order valence-electron chi connectivity index (χ3n) is 4.88. The van der Waals surface area contributed by atoms with Crippen LogP contribution in [0, 0.1) is 0 Å². The minimum absolute atomic E-state index is 0.192. The van der Waals surface area contributed by atoms with Crippen molar-refractivity contribution < 1.29 is 27.5 Å². The van der Waals surface area contributed by atoms with Gasteiger partial charge >= 0.3 is 12.2 Å². The lowest BCUT2D eigenvalue weighted by atomic mass is 10.1. The van der Waals surface area contributed by atoms with Crippen molar-refractivity contribution in [1.82, 2.24) is 0 Å². The number of halogens is 3. The molecule has 0 unspecified atom stereocenters. The standard InChI is InChI=1S/C23H18F3N3O3/c1-2-29-18-5-3-4-6-20(18)32-19-12-11-16(13-17(19)21(29)30)28-22(31)27-15-9-7-14(8-10-15)23(24,25)26/h3-13H,2H2,1H3,(H2,27,28,31). The highest BCUT2D eigenvalue weighted by molar-refractivity contribution is 6.10. The maximum Gasteiger partial charge on any atom is 0.416 e. The average molecular weight is 441 g/mol. The zero-order valence-electron chi connectivity index (χ0n) is 16.9. The maximum absolute atomic E-state index is 13.1. The van der Waals surface area contributed by atoms with Gasteiger partial charge in [-0.15, -0.1) is 0 Å². The minimum atomic E-state index is -4.46. The molecule has 1 aliphatic heterocycles. The van der Waals surface area contributed by atoms with E-state index in [0.29, 0.717) is 29.4 Å². The second kappa shape index (κ2) is 8.26. The number of benzene rings is 3. The second-order valence-corrected chi connectivity index (χ2v) is 6.98. The minimum Gasteiger partial charge on any atom is -0.454 e. The molecule has 32 heavy (non-hydrogen) atoms. The van der Waals surface area contributed by atoms with Gasteiger partial charge in [0.1, 0.15) is 5.75 Å². The van der Waals surface area contributed by atoms with Gasteiger partial charge in [-0.1, -0.05) is 12.1 Å². The molecule has 4 rings (SSSR count). The lowest BCUT2D eigenvalue weighted by Gasteiger charge is -2.19. The van der Waals surface area contributed by atoms with Crippen LogP contribution in [0.2, 0.25) is 0 Å². The Bertz CT molecular complexity index is 1180. The first-order valence-corrected chi connectivity index (χ1v) is 9.74. The van der Waals surface area contributed by atoms with E-state index in [1.165, 1.54) is 6.07 Å². The van der Waals surface area contributed by atoms with E-state index in [0.717, 1.165) is 24.3 Å². The summed E-state index contributed by atoms with van der Waals surface area (Å²) in [5.41, 5.74) is 0.625. The number of hydrogen-bond donors (Lipinski definition) is 2. The maximum atomic E-state index is 13.1. The fourth-order valence-corrected chi connectivity index (χ4v) is 3.35. The highest BCUT2D eigenvalue weighted by atomic mass is 19.4. The Labute approximate surface area is 181 Å². The predicted octanol–water partition coefficient (Wildman–Crippen LogP) is 6.12. The molecule has 1 heterocycles. The predicted molar refractivity (Wildman–Crippen MR) is 114 cm³/mol. The molecule has 3 amide bonds. The Balaban J connectivity index is 1.53. The molecule has 0 spiro atoms. The van der Waals surface area contributed by atoms with Gasteiger partial charge in [-0.25, -0.2) is 4.79 Å². The van der Waals surface area contributed by atoms with Gasteiger partial charge in [0.25, 0.3) is 5.91 Å². The Hall–Kier alpha value is -4.01. The van der Waals surface area contributed by atoms with E-state index < -0.39 is 17.8 Å². The summed E-state index contributed by atoms with van der Waals surface area (Å²) in [7, 11) is 0. The molecule has 0 saturated carbocycles. The van der Waals surface area contributed by atoms with Gasteiger partial charge in [-0.05, 0) is 61.5 Å². The van der Waals surface area contributed by atoms with Gasteiger partial charge in [0.2, 0.25) is 0 Å². The summed E-state index contributed by atoms with van der Waals surface area (Å²) in [6, 6.07) is 15.2. The first kappa shape index (κ1) is 21.2. The summed E-state index contributed by atoms with van der Waals surface area (Å²) in [5, 5.41) is 5.04. The van der Waals surface area contributed by atoms with E-state index in [-0.39, 0.29) is 17.2 Å². The molecule has 3 aromatic carbocycles. The van der Waals surface area contributed by atoms with Gasteiger partial charge in [-0.2, -0.15) is 13.2 Å². The molecule has 3 aromatic rings. The zero-order chi connectivity index (χ0) is 22.9. The van der Waals surface area contributed by atoms with Crippen LogP contribution in [0.3, 0.4) is 0 Å². The Morgan fingerprint density at radius 3 is 2.28 bits per heavy atom. The summed E-state index contributed by atoms with van der Waals surface area (Å²) < 4.78 is 43.9. The molecule has 0 aliphatic carbocycles. The Morgan fingerprint density at radius 2 is 1.59 bits per heavy atom. The molecule has 0 fully saturated rings. The summed E-state index contributed by atoms with van der Waals surface area (Å²) in [6.07, 6.45) is -4.46. The monoisotopic (exact) mass is 441 g/mol. The van der Waals surface area contributed by atoms with E-state index in [1.807, 2.05) is 19.1 Å². The van der Waals surface area contributed by atoms with Crippen molar-refractivity contribution in [2.45, 2.75) is 13.1 Å². The highest BCUT2D eigenvalue weighted by Gasteiger charge is 2.30. The van der Waals surface area contributed by atoms with Gasteiger partial charge in [-0.3, -0.25) is 4.79 Å². The van der Waals surface area contributed by atoms with Crippen LogP contribution in [0.1, 0.15) is 22.8 Å². The summed E-state index contributed by atoms with van der Waals surface area (Å²) >= 11 is 0. The van der Waals surface area contributed by atoms with E-state index in [4.69, 9.17) is 4.74 Å². The number of fused-ring (bicyclic) bond motifs is 2. The van der Waals surface area contributed by atoms with Gasteiger partial charge in [0, 0.05) is 17.9 Å². The quantitative estimate of drug-likeness (QED) is 0.514. The molecular weight excluding hydrogens is 423 g/mol. The largest absolute Gasteiger partial charge is 0.454 e. The first-order valence-electron chi connectivity index (χ1n) is 9.74. The number of urea groups is 1. The summed E-state index contributed by atoms with van der Waals surface area (Å²) in [6.45, 7) is 2.27. The number of carbonyl (C=O) groups excluding carboxylic acids is 2. The molecule has 164 valence electrons. The van der Waals surface area contributed by atoms with Crippen molar-refractivity contribution >= 4 is 29.0 Å². The number of carbonyl (C=O) groups is 2. The van der Waals surface area contributed by atoms with Crippen molar-refractivity contribution in [1.29, 1.82) is 0 Å². The fourth-order valence-electron chi connectivity index (χ4n) is 3.35. The topological polar surface area (TPSA) is 70.7 Å². The lowest BCUT2D eigenvalue weighted by Crippen LogP contribution is -2.29. The SMILES string of the molecule is CCN1C(=O)c2cc(NC(=O)Nc3ccc(C(F)(F)F)cc3)ccc2Oc2ccccc21. The molecule has 2 N–H and O–H groups in total. The highest BCUT2D eigenvalue weighted by Crippen LogP contribution is 2.39. The van der Waals surface area contributed by atoms with Crippen LogP contribution in [0.5, 0.6) is 11.5 Å². The third kappa shape index (κ3) is 4.22. The van der Waals surface area contributed by atoms with Gasteiger partial charge < -0.3 is 20.3 Å². The summed E-state index contributed by atoms with van der Waals surface area (Å²) in [5.74, 6) is 0.619. The molecule has 0 bridgehead atoms. The van der Waals surface area contributed by atoms with Crippen LogP contribution in [0.15, 0.2) is 66.7 Å². The van der Waals surface area contributed by atoms with Crippen molar-refractivity contribution in [3.8, 4) is 11.5 Å². The normalized spacial score (nSPS) is 12.9. The van der Waals surface area contributed by atoms with E-state index >= 15 is 0 Å². The molecule has 0 radical (unpaired) electrons. The van der Waals surface area contributed by atoms with Gasteiger partial charge in [0.15, 0.2) is 5.75 Å².